The van der Waals surface area contributed by atoms with Gasteiger partial charge < -0.3 is 10.9 Å². The van der Waals surface area contributed by atoms with E-state index in [-0.39, 0.29) is 12.4 Å². The Hall–Kier alpha value is -0.820. The molecule has 0 amide bonds. The van der Waals surface area contributed by atoms with Gasteiger partial charge in [-0.3, -0.25) is 0 Å². The molecule has 0 radical (unpaired) electrons. The summed E-state index contributed by atoms with van der Waals surface area (Å²) in [7, 11) is -1.91. The van der Waals surface area contributed by atoms with Crippen LogP contribution >= 0.6 is 0 Å². The van der Waals surface area contributed by atoms with Crippen LogP contribution in [0.15, 0.2) is 5.16 Å². The van der Waals surface area contributed by atoms with Crippen molar-refractivity contribution in [3.8, 4) is 0 Å². The van der Waals surface area contributed by atoms with Crippen LogP contribution in [0.25, 0.3) is 0 Å². The quantitative estimate of drug-likeness (QED) is 0.243. The molecule has 0 fully saturated rings. The number of rotatable bonds is 3. The number of nitrogens with zero attached hydrogens (tertiary/aromatic N) is 2. The lowest BCUT2D eigenvalue weighted by molar-refractivity contribution is 0.315. The van der Waals surface area contributed by atoms with Crippen molar-refractivity contribution in [1.29, 1.82) is 0 Å². The molecule has 7 heteroatoms. The summed E-state index contributed by atoms with van der Waals surface area (Å²) in [5.74, 6) is -0.141. The molecule has 0 aliphatic heterocycles. The van der Waals surface area contributed by atoms with Gasteiger partial charge in [-0.1, -0.05) is 5.16 Å². The molecule has 0 aliphatic carbocycles. The van der Waals surface area contributed by atoms with E-state index in [0.717, 1.165) is 10.6 Å². The molecule has 11 heavy (non-hydrogen) atoms. The normalized spacial score (nSPS) is 13.9. The lowest BCUT2D eigenvalue weighted by Crippen LogP contribution is -2.34. The molecule has 0 saturated carbocycles. The molecule has 0 aromatic carbocycles. The molecule has 0 bridgehead atoms. The molecule has 0 spiro atoms. The zero-order valence-corrected chi connectivity index (χ0v) is 7.17. The minimum Gasteiger partial charge on any atom is -0.409 e. The summed E-state index contributed by atoms with van der Waals surface area (Å²) in [5, 5.41) is 10.7. The van der Waals surface area contributed by atoms with E-state index >= 15 is 0 Å². The maximum Gasteiger partial charge on any atom is 0.211 e. The molecule has 0 aromatic heterocycles. The molecule has 0 heterocycles. The van der Waals surface area contributed by atoms with Gasteiger partial charge in [0.2, 0.25) is 10.0 Å². The zero-order chi connectivity index (χ0) is 9.07. The number of hydrogen-bond donors (Lipinski definition) is 2. The van der Waals surface area contributed by atoms with Gasteiger partial charge in [0.05, 0.1) is 12.8 Å². The van der Waals surface area contributed by atoms with Crippen LogP contribution in [0.4, 0.5) is 0 Å². The largest absolute Gasteiger partial charge is 0.409 e. The van der Waals surface area contributed by atoms with Gasteiger partial charge in [0, 0.05) is 7.05 Å². The maximum absolute atomic E-state index is 10.7. The van der Waals surface area contributed by atoms with Gasteiger partial charge in [-0.15, -0.1) is 0 Å². The van der Waals surface area contributed by atoms with Crippen LogP contribution < -0.4 is 5.73 Å². The summed E-state index contributed by atoms with van der Waals surface area (Å²) in [6.07, 6.45) is 1.04. The number of likely N-dealkylation sites (N-methyl/N-ethyl adjacent to an activating group) is 1. The molecule has 0 atom stereocenters. The third-order valence-corrected chi connectivity index (χ3v) is 2.34. The fourth-order valence-corrected chi connectivity index (χ4v) is 0.744. The number of nitrogens with two attached hydrogens (primary N) is 1. The molecular formula is C4H11N3O3S. The van der Waals surface area contributed by atoms with E-state index in [4.69, 9.17) is 10.9 Å². The van der Waals surface area contributed by atoms with Crippen molar-refractivity contribution < 1.29 is 13.6 Å². The highest BCUT2D eigenvalue weighted by Crippen LogP contribution is 1.90. The number of hydrogen-bond acceptors (Lipinski definition) is 4. The first-order valence-electron chi connectivity index (χ1n) is 2.75. The first-order valence-corrected chi connectivity index (χ1v) is 4.60. The van der Waals surface area contributed by atoms with Gasteiger partial charge in [0.1, 0.15) is 0 Å². The second-order valence-electron chi connectivity index (χ2n) is 2.11. The Labute approximate surface area is 65.3 Å². The van der Waals surface area contributed by atoms with Crippen molar-refractivity contribution in [2.75, 3.05) is 19.8 Å². The predicted molar refractivity (Wildman–Crippen MR) is 40.9 cm³/mol. The Morgan fingerprint density at radius 1 is 1.73 bits per heavy atom. The summed E-state index contributed by atoms with van der Waals surface area (Å²) in [6.45, 7) is -0.102. The van der Waals surface area contributed by atoms with Crippen LogP contribution in [-0.4, -0.2) is 43.6 Å². The summed E-state index contributed by atoms with van der Waals surface area (Å²) >= 11 is 0. The first-order chi connectivity index (χ1) is 4.88. The van der Waals surface area contributed by atoms with E-state index < -0.39 is 10.0 Å². The number of oxime groups is 1. The average molecular weight is 181 g/mol. The van der Waals surface area contributed by atoms with Crippen molar-refractivity contribution in [3.63, 3.8) is 0 Å². The van der Waals surface area contributed by atoms with Crippen LogP contribution in [0.2, 0.25) is 0 Å². The van der Waals surface area contributed by atoms with Crippen molar-refractivity contribution in [2.24, 2.45) is 10.9 Å². The fraction of sp³-hybridized carbons (Fsp3) is 0.750. The first kappa shape index (κ1) is 10.2. The van der Waals surface area contributed by atoms with E-state index in [1.807, 2.05) is 0 Å². The van der Waals surface area contributed by atoms with E-state index in [2.05, 4.69) is 5.16 Å². The van der Waals surface area contributed by atoms with Gasteiger partial charge in [0.15, 0.2) is 5.84 Å². The second-order valence-corrected chi connectivity index (χ2v) is 4.20. The highest BCUT2D eigenvalue weighted by molar-refractivity contribution is 7.88. The van der Waals surface area contributed by atoms with Gasteiger partial charge in [-0.2, -0.15) is 4.31 Å². The Morgan fingerprint density at radius 2 is 2.18 bits per heavy atom. The van der Waals surface area contributed by atoms with Crippen LogP contribution in [0.3, 0.4) is 0 Å². The molecular weight excluding hydrogens is 170 g/mol. The van der Waals surface area contributed by atoms with Gasteiger partial charge >= 0.3 is 0 Å². The molecule has 0 saturated heterocycles. The summed E-state index contributed by atoms with van der Waals surface area (Å²) < 4.78 is 22.4. The maximum atomic E-state index is 10.7. The monoisotopic (exact) mass is 181 g/mol. The fourth-order valence-electron chi connectivity index (χ4n) is 0.377. The van der Waals surface area contributed by atoms with Crippen molar-refractivity contribution in [1.82, 2.24) is 4.31 Å². The van der Waals surface area contributed by atoms with Crippen molar-refractivity contribution in [2.45, 2.75) is 0 Å². The highest BCUT2D eigenvalue weighted by atomic mass is 32.2. The Balaban J connectivity index is 4.21. The van der Waals surface area contributed by atoms with Gasteiger partial charge in [0.25, 0.3) is 0 Å². The minimum atomic E-state index is -3.25. The van der Waals surface area contributed by atoms with Crippen molar-refractivity contribution in [3.05, 3.63) is 0 Å². The average Bonchev–Trinajstić information content (AvgIpc) is 1.85. The van der Waals surface area contributed by atoms with Gasteiger partial charge in [-0.25, -0.2) is 8.42 Å². The molecule has 3 N–H and O–H groups in total. The van der Waals surface area contributed by atoms with Crippen LogP contribution in [0, 0.1) is 0 Å². The third kappa shape index (κ3) is 3.79. The second kappa shape index (κ2) is 3.54. The van der Waals surface area contributed by atoms with E-state index in [1.165, 1.54) is 7.05 Å². The lowest BCUT2D eigenvalue weighted by atomic mass is 10.6. The SMILES string of the molecule is CN(CC(N)=NO)S(C)(=O)=O. The summed E-state index contributed by atoms with van der Waals surface area (Å²) in [5.41, 5.74) is 5.06. The summed E-state index contributed by atoms with van der Waals surface area (Å²) in [6, 6.07) is 0. The smallest absolute Gasteiger partial charge is 0.211 e. The standard InChI is InChI=1S/C4H11N3O3S/c1-7(11(2,9)10)3-4(5)6-8/h8H,3H2,1-2H3,(H2,5,6). The lowest BCUT2D eigenvalue weighted by Gasteiger charge is -2.11. The topological polar surface area (TPSA) is 96.0 Å². The summed E-state index contributed by atoms with van der Waals surface area (Å²) in [4.78, 5) is 0. The van der Waals surface area contributed by atoms with Crippen LogP contribution in [-0.2, 0) is 10.0 Å². The van der Waals surface area contributed by atoms with Gasteiger partial charge in [-0.05, 0) is 0 Å². The van der Waals surface area contributed by atoms with Crippen molar-refractivity contribution >= 4 is 15.9 Å². The molecule has 0 unspecified atom stereocenters. The Bertz CT molecular complexity index is 245. The highest BCUT2D eigenvalue weighted by Gasteiger charge is 2.11. The Kier molecular flexibility index (Phi) is 3.27. The molecule has 6 nitrogen and oxygen atoms in total. The minimum absolute atomic E-state index is 0.102. The third-order valence-electron chi connectivity index (χ3n) is 1.08. The van der Waals surface area contributed by atoms with E-state index in [0.29, 0.717) is 0 Å². The molecule has 0 aromatic rings. The molecule has 66 valence electrons. The molecule has 0 rings (SSSR count). The zero-order valence-electron chi connectivity index (χ0n) is 6.35. The Morgan fingerprint density at radius 3 is 2.45 bits per heavy atom. The van der Waals surface area contributed by atoms with Crippen LogP contribution in [0.5, 0.6) is 0 Å². The predicted octanol–water partition coefficient (Wildman–Crippen LogP) is -1.38. The van der Waals surface area contributed by atoms with E-state index in [9.17, 15) is 8.42 Å². The number of sulfonamides is 1. The van der Waals surface area contributed by atoms with Crippen LogP contribution in [0.1, 0.15) is 0 Å². The number of amidine groups is 1. The molecule has 0 aliphatic rings. The van der Waals surface area contributed by atoms with E-state index in [1.54, 1.807) is 0 Å².